The summed E-state index contributed by atoms with van der Waals surface area (Å²) in [4.78, 5) is 13.4. The van der Waals surface area contributed by atoms with Crippen molar-refractivity contribution < 1.29 is 4.79 Å². The van der Waals surface area contributed by atoms with E-state index in [1.165, 1.54) is 5.01 Å². The Balaban J connectivity index is 1.76. The van der Waals surface area contributed by atoms with E-state index in [1.54, 1.807) is 30.3 Å². The number of nitrogens with zero attached hydrogens (tertiary/aromatic N) is 2. The van der Waals surface area contributed by atoms with Gasteiger partial charge in [0.15, 0.2) is 0 Å². The summed E-state index contributed by atoms with van der Waals surface area (Å²) < 4.78 is 0. The average molecular weight is 478 g/mol. The lowest BCUT2D eigenvalue weighted by Crippen LogP contribution is -2.37. The van der Waals surface area contributed by atoms with Crippen molar-refractivity contribution in [2.75, 3.05) is 0 Å². The molecule has 1 unspecified atom stereocenters. The molecule has 1 heterocycles. The molecule has 4 rings (SSSR count). The van der Waals surface area contributed by atoms with E-state index in [4.69, 9.17) is 46.4 Å². The SMILES string of the molecule is O=C1C(c2cccc(Cl)c2Cl)CC(c2ccc(Cl)cc2)=NN1Cc1cccc(Cl)c1. The first-order chi connectivity index (χ1) is 14.4. The smallest absolute Gasteiger partial charge is 0.250 e. The molecule has 7 heteroatoms. The van der Waals surface area contributed by atoms with Gasteiger partial charge < -0.3 is 0 Å². The highest BCUT2D eigenvalue weighted by Crippen LogP contribution is 2.37. The van der Waals surface area contributed by atoms with Crippen molar-refractivity contribution >= 4 is 58.0 Å². The lowest BCUT2D eigenvalue weighted by atomic mass is 9.88. The van der Waals surface area contributed by atoms with Crippen LogP contribution in [0.25, 0.3) is 0 Å². The van der Waals surface area contributed by atoms with E-state index >= 15 is 0 Å². The van der Waals surface area contributed by atoms with Crippen LogP contribution in [0, 0.1) is 0 Å². The van der Waals surface area contributed by atoms with Crippen molar-refractivity contribution in [1.29, 1.82) is 0 Å². The molecule has 0 saturated carbocycles. The second kappa shape index (κ2) is 8.99. The fraction of sp³-hybridized carbons (Fsp3) is 0.130. The summed E-state index contributed by atoms with van der Waals surface area (Å²) in [5.74, 6) is -0.643. The molecule has 0 fully saturated rings. The normalized spacial score (nSPS) is 16.5. The molecule has 0 spiro atoms. The van der Waals surface area contributed by atoms with Gasteiger partial charge >= 0.3 is 0 Å². The standard InChI is InChI=1S/C23H16Cl4N2O/c24-16-9-7-15(8-10-16)21-12-19(18-5-2-6-20(26)22(18)27)23(30)29(28-21)13-14-3-1-4-17(25)11-14/h1-11,19H,12-13H2. The number of hydrogen-bond donors (Lipinski definition) is 0. The van der Waals surface area contributed by atoms with Gasteiger partial charge in [0.05, 0.1) is 28.2 Å². The summed E-state index contributed by atoms with van der Waals surface area (Å²) in [7, 11) is 0. The molecule has 0 aliphatic carbocycles. The topological polar surface area (TPSA) is 32.7 Å². The van der Waals surface area contributed by atoms with Crippen LogP contribution in [-0.4, -0.2) is 16.6 Å². The maximum atomic E-state index is 13.4. The molecule has 1 aliphatic rings. The largest absolute Gasteiger partial charge is 0.272 e. The summed E-state index contributed by atoms with van der Waals surface area (Å²) in [6.07, 6.45) is 0.409. The summed E-state index contributed by atoms with van der Waals surface area (Å²) >= 11 is 24.8. The third-order valence-corrected chi connectivity index (χ3v) is 6.27. The third-order valence-electron chi connectivity index (χ3n) is 4.95. The molecule has 0 aromatic heterocycles. The predicted octanol–water partition coefficient (Wildman–Crippen LogP) is 7.22. The molecule has 3 aromatic rings. The second-order valence-corrected chi connectivity index (χ2v) is 8.64. The van der Waals surface area contributed by atoms with Gasteiger partial charge in [0.2, 0.25) is 0 Å². The lowest BCUT2D eigenvalue weighted by molar-refractivity contribution is -0.134. The van der Waals surface area contributed by atoms with Crippen LogP contribution in [0.2, 0.25) is 20.1 Å². The molecule has 30 heavy (non-hydrogen) atoms. The van der Waals surface area contributed by atoms with E-state index in [2.05, 4.69) is 5.10 Å². The molecule has 1 atom stereocenters. The Labute approximate surface area is 194 Å². The minimum absolute atomic E-state index is 0.142. The van der Waals surface area contributed by atoms with Crippen molar-refractivity contribution in [3.63, 3.8) is 0 Å². The number of halogens is 4. The van der Waals surface area contributed by atoms with Gasteiger partial charge in [-0.05, 0) is 47.0 Å². The first kappa shape index (κ1) is 21.2. The molecule has 0 N–H and O–H groups in total. The molecule has 1 aliphatic heterocycles. The van der Waals surface area contributed by atoms with E-state index in [0.29, 0.717) is 38.6 Å². The Kier molecular flexibility index (Phi) is 6.35. The zero-order valence-electron chi connectivity index (χ0n) is 15.7. The van der Waals surface area contributed by atoms with E-state index in [9.17, 15) is 4.79 Å². The number of rotatable bonds is 4. The zero-order chi connectivity index (χ0) is 21.3. The minimum atomic E-state index is -0.501. The Morgan fingerprint density at radius 2 is 1.63 bits per heavy atom. The number of carbonyl (C=O) groups is 1. The van der Waals surface area contributed by atoms with Gasteiger partial charge in [-0.2, -0.15) is 5.10 Å². The first-order valence-corrected chi connectivity index (χ1v) is 10.8. The van der Waals surface area contributed by atoms with E-state index in [0.717, 1.165) is 16.8 Å². The van der Waals surface area contributed by atoms with Crippen LogP contribution >= 0.6 is 46.4 Å². The fourth-order valence-corrected chi connectivity index (χ4v) is 4.25. The van der Waals surface area contributed by atoms with Crippen LogP contribution in [0.1, 0.15) is 29.0 Å². The summed E-state index contributed by atoms with van der Waals surface area (Å²) in [5, 5.41) is 8.17. The van der Waals surface area contributed by atoms with Gasteiger partial charge in [0.1, 0.15) is 0 Å². The highest BCUT2D eigenvalue weighted by molar-refractivity contribution is 6.42. The molecule has 0 bridgehead atoms. The van der Waals surface area contributed by atoms with Gasteiger partial charge in [0.25, 0.3) is 5.91 Å². The Hall–Kier alpha value is -2.04. The second-order valence-electron chi connectivity index (χ2n) is 6.98. The van der Waals surface area contributed by atoms with Crippen LogP contribution in [0.3, 0.4) is 0 Å². The van der Waals surface area contributed by atoms with Gasteiger partial charge in [0, 0.05) is 16.5 Å². The molecular formula is C23H16Cl4N2O. The summed E-state index contributed by atoms with van der Waals surface area (Å²) in [5.41, 5.74) is 3.24. The first-order valence-electron chi connectivity index (χ1n) is 9.25. The third kappa shape index (κ3) is 4.50. The van der Waals surface area contributed by atoms with Crippen LogP contribution in [0.5, 0.6) is 0 Å². The number of amides is 1. The monoisotopic (exact) mass is 476 g/mol. The maximum Gasteiger partial charge on any atom is 0.250 e. The van der Waals surface area contributed by atoms with Crippen molar-refractivity contribution in [1.82, 2.24) is 5.01 Å². The fourth-order valence-electron chi connectivity index (χ4n) is 3.47. The van der Waals surface area contributed by atoms with Gasteiger partial charge in [-0.3, -0.25) is 4.79 Å². The van der Waals surface area contributed by atoms with E-state index in [-0.39, 0.29) is 5.91 Å². The zero-order valence-corrected chi connectivity index (χ0v) is 18.7. The van der Waals surface area contributed by atoms with E-state index < -0.39 is 5.92 Å². The average Bonchev–Trinajstić information content (AvgIpc) is 2.72. The van der Waals surface area contributed by atoms with Crippen molar-refractivity contribution in [2.24, 2.45) is 5.10 Å². The molecule has 1 amide bonds. The van der Waals surface area contributed by atoms with Crippen LogP contribution < -0.4 is 0 Å². The lowest BCUT2D eigenvalue weighted by Gasteiger charge is -2.30. The highest BCUT2D eigenvalue weighted by Gasteiger charge is 2.34. The highest BCUT2D eigenvalue weighted by atomic mass is 35.5. The summed E-state index contributed by atoms with van der Waals surface area (Å²) in [6, 6.07) is 20.1. The van der Waals surface area contributed by atoms with Gasteiger partial charge in [-0.1, -0.05) is 82.8 Å². The Morgan fingerprint density at radius 1 is 0.900 bits per heavy atom. The van der Waals surface area contributed by atoms with E-state index in [1.807, 2.05) is 36.4 Å². The van der Waals surface area contributed by atoms with Crippen LogP contribution in [-0.2, 0) is 11.3 Å². The van der Waals surface area contributed by atoms with Gasteiger partial charge in [-0.25, -0.2) is 5.01 Å². The van der Waals surface area contributed by atoms with Crippen molar-refractivity contribution in [3.8, 4) is 0 Å². The summed E-state index contributed by atoms with van der Waals surface area (Å²) in [6.45, 7) is 0.297. The van der Waals surface area contributed by atoms with Crippen LogP contribution in [0.4, 0.5) is 0 Å². The Morgan fingerprint density at radius 3 is 2.37 bits per heavy atom. The number of hydrazone groups is 1. The van der Waals surface area contributed by atoms with Crippen LogP contribution in [0.15, 0.2) is 71.8 Å². The molecule has 3 aromatic carbocycles. The predicted molar refractivity (Wildman–Crippen MR) is 124 cm³/mol. The van der Waals surface area contributed by atoms with Crippen molar-refractivity contribution in [2.45, 2.75) is 18.9 Å². The van der Waals surface area contributed by atoms with Crippen molar-refractivity contribution in [3.05, 3.63) is 104 Å². The molecule has 0 saturated heterocycles. The molecular weight excluding hydrogens is 462 g/mol. The number of carbonyl (C=O) groups excluding carboxylic acids is 1. The number of hydrogen-bond acceptors (Lipinski definition) is 2. The number of benzene rings is 3. The molecule has 3 nitrogen and oxygen atoms in total. The quantitative estimate of drug-likeness (QED) is 0.390. The van der Waals surface area contributed by atoms with Gasteiger partial charge in [-0.15, -0.1) is 0 Å². The maximum absolute atomic E-state index is 13.4. The molecule has 0 radical (unpaired) electrons. The minimum Gasteiger partial charge on any atom is -0.272 e. The molecule has 152 valence electrons. The Bertz CT molecular complexity index is 1130.